The zero-order valence-corrected chi connectivity index (χ0v) is 37.5. The topological polar surface area (TPSA) is 66.0 Å². The molecule has 13 aromatic rings. The van der Waals surface area contributed by atoms with Crippen LogP contribution in [0.5, 0.6) is 11.5 Å². The normalized spacial score (nSPS) is 13.1. The van der Waals surface area contributed by atoms with Crippen LogP contribution in [-0.4, -0.2) is 19.5 Å². The first-order chi connectivity index (χ1) is 34.7. The first-order valence-electron chi connectivity index (χ1n) is 23.7. The second kappa shape index (κ2) is 14.8. The van der Waals surface area contributed by atoms with Crippen LogP contribution < -0.4 is 4.74 Å². The number of furan rings is 1. The zero-order valence-electron chi connectivity index (χ0n) is 37.5. The molecule has 0 amide bonds. The summed E-state index contributed by atoms with van der Waals surface area (Å²) in [6.45, 7) is 0. The van der Waals surface area contributed by atoms with Crippen molar-refractivity contribution in [3.63, 3.8) is 0 Å². The number of hydrogen-bond acceptors (Lipinski definition) is 5. The van der Waals surface area contributed by atoms with Gasteiger partial charge in [0.05, 0.1) is 16.4 Å². The minimum absolute atomic E-state index is 0.604. The van der Waals surface area contributed by atoms with Crippen LogP contribution in [0.1, 0.15) is 22.3 Å². The molecule has 15 rings (SSSR count). The minimum atomic E-state index is -0.691. The van der Waals surface area contributed by atoms with Gasteiger partial charge in [0.2, 0.25) is 0 Å². The van der Waals surface area contributed by atoms with Gasteiger partial charge >= 0.3 is 0 Å². The lowest BCUT2D eigenvalue weighted by atomic mass is 9.66. The predicted octanol–water partition coefficient (Wildman–Crippen LogP) is 16.0. The van der Waals surface area contributed by atoms with Crippen molar-refractivity contribution in [1.29, 1.82) is 0 Å². The van der Waals surface area contributed by atoms with Gasteiger partial charge in [0.15, 0.2) is 17.5 Å². The number of fused-ring (bicyclic) bond motifs is 15. The van der Waals surface area contributed by atoms with Gasteiger partial charge < -0.3 is 13.7 Å². The first kappa shape index (κ1) is 38.7. The minimum Gasteiger partial charge on any atom is -0.457 e. The van der Waals surface area contributed by atoms with Gasteiger partial charge in [-0.1, -0.05) is 176 Å². The highest BCUT2D eigenvalue weighted by molar-refractivity contribution is 6.27. The fourth-order valence-corrected chi connectivity index (χ4v) is 11.6. The van der Waals surface area contributed by atoms with E-state index in [9.17, 15) is 0 Å². The number of rotatable bonds is 5. The Morgan fingerprint density at radius 3 is 1.53 bits per heavy atom. The molecular formula is C64H38N4O2. The molecule has 2 aliphatic rings. The van der Waals surface area contributed by atoms with Gasteiger partial charge in [-0.15, -0.1) is 0 Å². The van der Waals surface area contributed by atoms with Gasteiger partial charge in [-0.05, 0) is 76.3 Å². The average Bonchev–Trinajstić information content (AvgIpc) is 4.07. The lowest BCUT2D eigenvalue weighted by Gasteiger charge is -2.39. The van der Waals surface area contributed by atoms with Gasteiger partial charge in [0.25, 0.3) is 0 Å². The van der Waals surface area contributed by atoms with Crippen molar-refractivity contribution in [3.05, 3.63) is 253 Å². The van der Waals surface area contributed by atoms with Crippen molar-refractivity contribution < 1.29 is 9.15 Å². The third-order valence-corrected chi connectivity index (χ3v) is 14.5. The fourth-order valence-electron chi connectivity index (χ4n) is 11.6. The third kappa shape index (κ3) is 5.47. The highest BCUT2D eigenvalue weighted by atomic mass is 16.5. The van der Waals surface area contributed by atoms with Gasteiger partial charge in [-0.25, -0.2) is 15.0 Å². The van der Waals surface area contributed by atoms with E-state index in [2.05, 4.69) is 199 Å². The largest absolute Gasteiger partial charge is 0.457 e. The maximum Gasteiger partial charge on any atom is 0.164 e. The molecule has 0 N–H and O–H groups in total. The van der Waals surface area contributed by atoms with Crippen molar-refractivity contribution in [2.24, 2.45) is 0 Å². The number of ether oxygens (including phenoxy) is 1. The molecule has 3 aromatic heterocycles. The lowest BCUT2D eigenvalue weighted by Crippen LogP contribution is -2.32. The molecule has 6 heteroatoms. The van der Waals surface area contributed by atoms with Gasteiger partial charge in [0.1, 0.15) is 22.7 Å². The SMILES string of the molecule is c1ccc(-c2nc(-c3ccccc3)nc(-c3ccc4c(c3)-c3cc(-c5c6c(cc7c5c5ccccc5n7-c5ccccc5)oc5ccccc56)ccc3C43c4ccccc4Oc4ccccc43)n2)cc1. The Morgan fingerprint density at radius 2 is 0.871 bits per heavy atom. The molecule has 0 fully saturated rings. The summed E-state index contributed by atoms with van der Waals surface area (Å²) >= 11 is 0. The number of hydrogen-bond donors (Lipinski definition) is 0. The van der Waals surface area contributed by atoms with Crippen LogP contribution in [0.2, 0.25) is 0 Å². The van der Waals surface area contributed by atoms with E-state index in [1.807, 2.05) is 36.4 Å². The van der Waals surface area contributed by atoms with Crippen LogP contribution in [0.15, 0.2) is 235 Å². The Hall–Kier alpha value is -9.39. The first-order valence-corrected chi connectivity index (χ1v) is 23.7. The third-order valence-electron chi connectivity index (χ3n) is 14.5. The molecule has 10 aromatic carbocycles. The summed E-state index contributed by atoms with van der Waals surface area (Å²) in [4.78, 5) is 15.5. The molecule has 6 nitrogen and oxygen atoms in total. The fraction of sp³-hybridized carbons (Fsp3) is 0.0156. The maximum absolute atomic E-state index is 6.83. The smallest absolute Gasteiger partial charge is 0.164 e. The van der Waals surface area contributed by atoms with Crippen molar-refractivity contribution in [2.45, 2.75) is 5.41 Å². The quantitative estimate of drug-likeness (QED) is 0.172. The Balaban J connectivity index is 1.05. The predicted molar refractivity (Wildman–Crippen MR) is 281 cm³/mol. The second-order valence-corrected chi connectivity index (χ2v) is 18.2. The second-order valence-electron chi connectivity index (χ2n) is 18.2. The van der Waals surface area contributed by atoms with Crippen molar-refractivity contribution in [3.8, 4) is 73.6 Å². The van der Waals surface area contributed by atoms with Gasteiger partial charge in [0, 0.05) is 66.7 Å². The van der Waals surface area contributed by atoms with E-state index >= 15 is 0 Å². The van der Waals surface area contributed by atoms with E-state index in [-0.39, 0.29) is 0 Å². The molecular weight excluding hydrogens is 857 g/mol. The van der Waals surface area contributed by atoms with E-state index in [1.165, 1.54) is 21.9 Å². The molecule has 0 atom stereocenters. The monoisotopic (exact) mass is 894 g/mol. The van der Waals surface area contributed by atoms with Gasteiger partial charge in [-0.3, -0.25) is 0 Å². The van der Waals surface area contributed by atoms with E-state index in [0.29, 0.717) is 17.5 Å². The van der Waals surface area contributed by atoms with Crippen molar-refractivity contribution >= 4 is 43.7 Å². The number of nitrogens with zero attached hydrogens (tertiary/aromatic N) is 4. The molecule has 1 aliphatic heterocycles. The molecule has 326 valence electrons. The Labute approximate surface area is 402 Å². The van der Waals surface area contributed by atoms with E-state index in [4.69, 9.17) is 24.1 Å². The van der Waals surface area contributed by atoms with E-state index in [0.717, 1.165) is 100 Å². The van der Waals surface area contributed by atoms with E-state index in [1.54, 1.807) is 0 Å². The average molecular weight is 895 g/mol. The molecule has 0 radical (unpaired) electrons. The summed E-state index contributed by atoms with van der Waals surface area (Å²) in [6, 6.07) is 81.3. The summed E-state index contributed by atoms with van der Waals surface area (Å²) in [7, 11) is 0. The van der Waals surface area contributed by atoms with Crippen molar-refractivity contribution in [2.75, 3.05) is 0 Å². The Kier molecular flexibility index (Phi) is 8.18. The summed E-state index contributed by atoms with van der Waals surface area (Å²) in [5, 5.41) is 4.52. The van der Waals surface area contributed by atoms with Crippen LogP contribution in [0, 0.1) is 0 Å². The molecule has 1 aliphatic carbocycles. The van der Waals surface area contributed by atoms with Crippen molar-refractivity contribution in [1.82, 2.24) is 19.5 Å². The Morgan fingerprint density at radius 1 is 0.357 bits per heavy atom. The lowest BCUT2D eigenvalue weighted by molar-refractivity contribution is 0.436. The van der Waals surface area contributed by atoms with Crippen LogP contribution in [0.4, 0.5) is 0 Å². The summed E-state index contributed by atoms with van der Waals surface area (Å²) < 4.78 is 16.0. The number of benzene rings is 10. The number of para-hydroxylation sites is 5. The summed E-state index contributed by atoms with van der Waals surface area (Å²) in [5.74, 6) is 3.53. The molecule has 0 unspecified atom stereocenters. The van der Waals surface area contributed by atoms with Gasteiger partial charge in [-0.2, -0.15) is 0 Å². The van der Waals surface area contributed by atoms with Crippen LogP contribution in [-0.2, 0) is 5.41 Å². The maximum atomic E-state index is 6.83. The molecule has 0 saturated carbocycles. The molecule has 1 spiro atoms. The van der Waals surface area contributed by atoms with E-state index < -0.39 is 5.41 Å². The van der Waals surface area contributed by atoms with Crippen LogP contribution in [0.3, 0.4) is 0 Å². The highest BCUT2D eigenvalue weighted by Crippen LogP contribution is 2.63. The molecule has 0 saturated heterocycles. The molecule has 70 heavy (non-hydrogen) atoms. The number of aromatic nitrogens is 4. The standard InChI is InChI=1S/C64H38N4O2/c1-4-18-39(19-5-1)61-65-62(40-20-6-2-7-21-40)67-63(66-61)42-33-35-49-47(37-42)46-36-41(32-34-48(46)64(49)50-26-12-16-30-55(50)70-56-31-17-13-27-51(56)64)58-59-44-24-10-14-28-52(44)68(43-22-8-3-9-23-43)53(59)38-57-60(58)45-25-11-15-29-54(45)69-57/h1-38H. The summed E-state index contributed by atoms with van der Waals surface area (Å²) in [5.41, 5.74) is 16.1. The Bertz CT molecular complexity index is 4170. The molecule has 4 heterocycles. The molecule has 0 bridgehead atoms. The van der Waals surface area contributed by atoms with Crippen LogP contribution in [0.25, 0.3) is 106 Å². The highest BCUT2D eigenvalue weighted by Gasteiger charge is 2.51. The zero-order chi connectivity index (χ0) is 45.9. The van der Waals surface area contributed by atoms with Crippen LogP contribution >= 0.6 is 0 Å². The summed E-state index contributed by atoms with van der Waals surface area (Å²) in [6.07, 6.45) is 0.